The van der Waals surface area contributed by atoms with Crippen LogP contribution < -0.4 is 5.32 Å². The largest absolute Gasteiger partial charge is 0.340 e. The van der Waals surface area contributed by atoms with Crippen molar-refractivity contribution in [3.8, 4) is 0 Å². The number of carbonyl (C=O) groups is 1. The number of piperazine rings is 1. The van der Waals surface area contributed by atoms with Gasteiger partial charge in [-0.25, -0.2) is 4.39 Å². The minimum absolute atomic E-state index is 0.0476. The number of hydrogen-bond acceptors (Lipinski definition) is 2. The molecule has 0 aromatic heterocycles. The lowest BCUT2D eigenvalue weighted by atomic mass is 9.99. The zero-order valence-corrected chi connectivity index (χ0v) is 10.7. The fourth-order valence-electron chi connectivity index (χ4n) is 2.26. The highest BCUT2D eigenvalue weighted by atomic mass is 19.1. The predicted molar refractivity (Wildman–Crippen MR) is 68.7 cm³/mol. The third-order valence-electron chi connectivity index (χ3n) is 3.31. The van der Waals surface area contributed by atoms with Gasteiger partial charge < -0.3 is 10.2 Å². The Morgan fingerprint density at radius 2 is 1.94 bits per heavy atom. The summed E-state index contributed by atoms with van der Waals surface area (Å²) in [5.41, 5.74) is 1.01. The Morgan fingerprint density at radius 3 is 2.56 bits per heavy atom. The maximum absolute atomic E-state index is 12.8. The average molecular weight is 250 g/mol. The summed E-state index contributed by atoms with van der Waals surface area (Å²) in [6.07, 6.45) is 0.670. The van der Waals surface area contributed by atoms with E-state index >= 15 is 0 Å². The number of hydrogen-bond donors (Lipinski definition) is 1. The van der Waals surface area contributed by atoms with Crippen molar-refractivity contribution in [1.29, 1.82) is 0 Å². The third kappa shape index (κ3) is 3.29. The van der Waals surface area contributed by atoms with Crippen molar-refractivity contribution in [2.24, 2.45) is 5.92 Å². The molecule has 1 heterocycles. The van der Waals surface area contributed by atoms with Crippen LogP contribution in [0.15, 0.2) is 24.3 Å². The van der Waals surface area contributed by atoms with Crippen LogP contribution in [0, 0.1) is 11.7 Å². The first-order chi connectivity index (χ1) is 8.66. The predicted octanol–water partition coefficient (Wildman–Crippen LogP) is 1.44. The van der Waals surface area contributed by atoms with Crippen molar-refractivity contribution >= 4 is 5.91 Å². The van der Waals surface area contributed by atoms with Gasteiger partial charge in [-0.2, -0.15) is 0 Å². The molecule has 1 aromatic carbocycles. The van der Waals surface area contributed by atoms with Crippen LogP contribution in [0.5, 0.6) is 0 Å². The Labute approximate surface area is 107 Å². The summed E-state index contributed by atoms with van der Waals surface area (Å²) in [6, 6.07) is 6.38. The van der Waals surface area contributed by atoms with Gasteiger partial charge >= 0.3 is 0 Å². The molecule has 0 bridgehead atoms. The lowest BCUT2D eigenvalue weighted by Crippen LogP contribution is -2.48. The van der Waals surface area contributed by atoms with Gasteiger partial charge in [-0.05, 0) is 24.1 Å². The number of amides is 1. The molecule has 2 rings (SSSR count). The standard InChI is InChI=1S/C14H19FN2O/c1-11(10-12-2-4-13(15)5-3-12)14(18)17-8-6-16-7-9-17/h2-5,11,16H,6-10H2,1H3. The van der Waals surface area contributed by atoms with Crippen LogP contribution in [0.4, 0.5) is 4.39 Å². The summed E-state index contributed by atoms with van der Waals surface area (Å²) in [5.74, 6) is -0.0887. The monoisotopic (exact) mass is 250 g/mol. The Kier molecular flexibility index (Phi) is 4.31. The number of rotatable bonds is 3. The van der Waals surface area contributed by atoms with E-state index in [-0.39, 0.29) is 17.6 Å². The second kappa shape index (κ2) is 5.96. The van der Waals surface area contributed by atoms with E-state index < -0.39 is 0 Å². The van der Waals surface area contributed by atoms with Crippen molar-refractivity contribution in [3.63, 3.8) is 0 Å². The number of carbonyl (C=O) groups excluding carboxylic acids is 1. The minimum atomic E-state index is -0.236. The first kappa shape index (κ1) is 13.0. The number of halogens is 1. The summed E-state index contributed by atoms with van der Waals surface area (Å²) >= 11 is 0. The molecule has 1 unspecified atom stereocenters. The molecule has 0 aliphatic carbocycles. The van der Waals surface area contributed by atoms with Crippen LogP contribution in [-0.2, 0) is 11.2 Å². The Balaban J connectivity index is 1.92. The van der Waals surface area contributed by atoms with Crippen molar-refractivity contribution in [3.05, 3.63) is 35.6 Å². The van der Waals surface area contributed by atoms with Gasteiger partial charge in [0.1, 0.15) is 5.82 Å². The maximum atomic E-state index is 12.8. The number of nitrogens with one attached hydrogen (secondary N) is 1. The molecule has 1 saturated heterocycles. The molecule has 3 nitrogen and oxygen atoms in total. The molecule has 4 heteroatoms. The van der Waals surface area contributed by atoms with E-state index in [0.29, 0.717) is 6.42 Å². The fraction of sp³-hybridized carbons (Fsp3) is 0.500. The van der Waals surface area contributed by atoms with E-state index in [0.717, 1.165) is 31.7 Å². The van der Waals surface area contributed by atoms with Crippen LogP contribution in [-0.4, -0.2) is 37.0 Å². The molecule has 1 N–H and O–H groups in total. The smallest absolute Gasteiger partial charge is 0.225 e. The third-order valence-corrected chi connectivity index (χ3v) is 3.31. The quantitative estimate of drug-likeness (QED) is 0.880. The molecular formula is C14H19FN2O. The summed E-state index contributed by atoms with van der Waals surface area (Å²) in [6.45, 7) is 5.25. The summed E-state index contributed by atoms with van der Waals surface area (Å²) in [5, 5.41) is 3.23. The number of nitrogens with zero attached hydrogens (tertiary/aromatic N) is 1. The van der Waals surface area contributed by atoms with Gasteiger partial charge in [0.2, 0.25) is 5.91 Å². The summed E-state index contributed by atoms with van der Waals surface area (Å²) in [7, 11) is 0. The second-order valence-electron chi connectivity index (χ2n) is 4.81. The highest BCUT2D eigenvalue weighted by molar-refractivity contribution is 5.78. The van der Waals surface area contributed by atoms with Crippen LogP contribution in [0.2, 0.25) is 0 Å². The van der Waals surface area contributed by atoms with E-state index in [2.05, 4.69) is 5.32 Å². The van der Waals surface area contributed by atoms with Crippen molar-refractivity contribution in [2.45, 2.75) is 13.3 Å². The Morgan fingerprint density at radius 1 is 1.33 bits per heavy atom. The van der Waals surface area contributed by atoms with Gasteiger partial charge in [0.05, 0.1) is 0 Å². The number of benzene rings is 1. The highest BCUT2D eigenvalue weighted by Crippen LogP contribution is 2.12. The van der Waals surface area contributed by atoms with Gasteiger partial charge in [-0.15, -0.1) is 0 Å². The van der Waals surface area contributed by atoms with E-state index in [4.69, 9.17) is 0 Å². The molecule has 18 heavy (non-hydrogen) atoms. The molecule has 1 atom stereocenters. The lowest BCUT2D eigenvalue weighted by Gasteiger charge is -2.29. The topological polar surface area (TPSA) is 32.3 Å². The van der Waals surface area contributed by atoms with Gasteiger partial charge in [-0.3, -0.25) is 4.79 Å². The molecule has 1 aliphatic heterocycles. The molecule has 1 aromatic rings. The Bertz CT molecular complexity index is 399. The molecule has 0 saturated carbocycles. The molecule has 0 spiro atoms. The lowest BCUT2D eigenvalue weighted by molar-refractivity contribution is -0.135. The average Bonchev–Trinajstić information content (AvgIpc) is 2.41. The minimum Gasteiger partial charge on any atom is -0.340 e. The molecular weight excluding hydrogens is 231 g/mol. The van der Waals surface area contributed by atoms with Crippen molar-refractivity contribution < 1.29 is 9.18 Å². The van der Waals surface area contributed by atoms with Gasteiger partial charge in [0.15, 0.2) is 0 Å². The van der Waals surface area contributed by atoms with Crippen molar-refractivity contribution in [2.75, 3.05) is 26.2 Å². The molecule has 0 radical (unpaired) electrons. The van der Waals surface area contributed by atoms with E-state index in [1.54, 1.807) is 12.1 Å². The summed E-state index contributed by atoms with van der Waals surface area (Å²) in [4.78, 5) is 14.1. The normalized spacial score (nSPS) is 17.6. The zero-order valence-electron chi connectivity index (χ0n) is 10.7. The van der Waals surface area contributed by atoms with Crippen LogP contribution >= 0.6 is 0 Å². The van der Waals surface area contributed by atoms with E-state index in [9.17, 15) is 9.18 Å². The van der Waals surface area contributed by atoms with Gasteiger partial charge in [0, 0.05) is 32.1 Å². The van der Waals surface area contributed by atoms with E-state index in [1.807, 2.05) is 11.8 Å². The zero-order chi connectivity index (χ0) is 13.0. The molecule has 98 valence electrons. The van der Waals surface area contributed by atoms with Crippen LogP contribution in [0.25, 0.3) is 0 Å². The summed E-state index contributed by atoms with van der Waals surface area (Å²) < 4.78 is 12.8. The first-order valence-electron chi connectivity index (χ1n) is 6.41. The van der Waals surface area contributed by atoms with Gasteiger partial charge in [-0.1, -0.05) is 19.1 Å². The second-order valence-corrected chi connectivity index (χ2v) is 4.81. The molecule has 1 fully saturated rings. The van der Waals surface area contributed by atoms with Crippen molar-refractivity contribution in [1.82, 2.24) is 10.2 Å². The molecule has 1 amide bonds. The molecule has 1 aliphatic rings. The SMILES string of the molecule is CC(Cc1ccc(F)cc1)C(=O)N1CCNCC1. The van der Waals surface area contributed by atoms with E-state index in [1.165, 1.54) is 12.1 Å². The van der Waals surface area contributed by atoms with Gasteiger partial charge in [0.25, 0.3) is 0 Å². The fourth-order valence-corrected chi connectivity index (χ4v) is 2.26. The highest BCUT2D eigenvalue weighted by Gasteiger charge is 2.21. The Hall–Kier alpha value is -1.42. The van der Waals surface area contributed by atoms with Crippen LogP contribution in [0.1, 0.15) is 12.5 Å². The first-order valence-corrected chi connectivity index (χ1v) is 6.41. The van der Waals surface area contributed by atoms with Crippen LogP contribution in [0.3, 0.4) is 0 Å². The maximum Gasteiger partial charge on any atom is 0.225 e.